The number of anilines is 3. The number of carbonyl (C=O) groups excluding carboxylic acids is 1. The first-order chi connectivity index (χ1) is 20.5. The summed E-state index contributed by atoms with van der Waals surface area (Å²) in [5, 5.41) is 13.3. The topological polar surface area (TPSA) is 122 Å². The molecule has 4 aromatic rings. The van der Waals surface area contributed by atoms with E-state index in [1.165, 1.54) is 5.56 Å². The second-order valence-corrected chi connectivity index (χ2v) is 9.84. The zero-order chi connectivity index (χ0) is 29.4. The van der Waals surface area contributed by atoms with Crippen LogP contribution in [-0.2, 0) is 22.6 Å². The Balaban J connectivity index is 1.18. The first kappa shape index (κ1) is 30.7. The minimum atomic E-state index is -0.114. The molecular formula is C31H36ClN7O3. The van der Waals surface area contributed by atoms with Crippen LogP contribution in [0.1, 0.15) is 27.0 Å². The highest BCUT2D eigenvalue weighted by atomic mass is 35.5. The minimum absolute atomic E-state index is 0.114. The summed E-state index contributed by atoms with van der Waals surface area (Å²) in [5.41, 5.74) is 4.02. The number of carbonyl (C=O) groups is 1. The second-order valence-electron chi connectivity index (χ2n) is 9.40. The molecule has 1 amide bonds. The molecule has 0 saturated heterocycles. The molecule has 42 heavy (non-hydrogen) atoms. The number of hydrogen-bond donors (Lipinski definition) is 4. The molecule has 220 valence electrons. The van der Waals surface area contributed by atoms with Crippen LogP contribution in [0.5, 0.6) is 0 Å². The van der Waals surface area contributed by atoms with E-state index in [2.05, 4.69) is 67.4 Å². The van der Waals surface area contributed by atoms with Crippen molar-refractivity contribution in [1.29, 1.82) is 0 Å². The highest BCUT2D eigenvalue weighted by Gasteiger charge is 2.08. The number of hydrogen-bond acceptors (Lipinski definition) is 9. The van der Waals surface area contributed by atoms with Crippen molar-refractivity contribution in [2.75, 3.05) is 55.5 Å². The van der Waals surface area contributed by atoms with Crippen molar-refractivity contribution in [2.24, 2.45) is 0 Å². The Morgan fingerprint density at radius 1 is 0.667 bits per heavy atom. The highest BCUT2D eigenvalue weighted by molar-refractivity contribution is 6.30. The fraction of sp³-hybridized carbons (Fsp3) is 0.290. The Hall–Kier alpha value is -4.25. The molecule has 3 aromatic carbocycles. The van der Waals surface area contributed by atoms with Crippen LogP contribution in [-0.4, -0.2) is 60.4 Å². The number of nitrogens with one attached hydrogen (secondary N) is 4. The largest absolute Gasteiger partial charge is 0.377 e. The maximum atomic E-state index is 12.0. The minimum Gasteiger partial charge on any atom is -0.377 e. The molecule has 0 aliphatic carbocycles. The fourth-order valence-electron chi connectivity index (χ4n) is 3.77. The van der Waals surface area contributed by atoms with Crippen molar-refractivity contribution in [3.63, 3.8) is 0 Å². The number of aromatic nitrogens is 3. The predicted octanol–water partition coefficient (Wildman–Crippen LogP) is 4.93. The van der Waals surface area contributed by atoms with Gasteiger partial charge in [0.1, 0.15) is 0 Å². The van der Waals surface area contributed by atoms with E-state index in [-0.39, 0.29) is 5.91 Å². The summed E-state index contributed by atoms with van der Waals surface area (Å²) in [4.78, 5) is 25.6. The third-order valence-corrected chi connectivity index (χ3v) is 6.29. The summed E-state index contributed by atoms with van der Waals surface area (Å²) >= 11 is 6.00. The Morgan fingerprint density at radius 2 is 1.19 bits per heavy atom. The Labute approximate surface area is 251 Å². The number of amides is 1. The van der Waals surface area contributed by atoms with E-state index in [1.807, 2.05) is 42.5 Å². The number of nitrogens with zero attached hydrogens (tertiary/aromatic N) is 3. The zero-order valence-corrected chi connectivity index (χ0v) is 24.4. The summed E-state index contributed by atoms with van der Waals surface area (Å²) in [6, 6.07) is 25.0. The molecule has 0 saturated carbocycles. The van der Waals surface area contributed by atoms with Gasteiger partial charge in [0.2, 0.25) is 17.8 Å². The summed E-state index contributed by atoms with van der Waals surface area (Å²) in [5.74, 6) is 1.23. The standard InChI is InChI=1S/C31H36ClN7O3/c1-23-7-9-24(10-8-23)21-35-30-37-29(38-31(39-30)36-22-25-11-13-27(32)14-12-25)34-16-18-42-20-19-41-17-15-33-28(40)26-5-3-2-4-6-26/h2-14H,15-22H2,1H3,(H,33,40)(H3,34,35,36,37,38,39). The number of halogens is 1. The van der Waals surface area contributed by atoms with E-state index in [9.17, 15) is 4.79 Å². The molecule has 1 heterocycles. The van der Waals surface area contributed by atoms with Gasteiger partial charge in [-0.05, 0) is 42.3 Å². The summed E-state index contributed by atoms with van der Waals surface area (Å²) < 4.78 is 11.2. The molecular weight excluding hydrogens is 554 g/mol. The van der Waals surface area contributed by atoms with Crippen LogP contribution in [0.25, 0.3) is 0 Å². The molecule has 0 atom stereocenters. The lowest BCUT2D eigenvalue weighted by Gasteiger charge is -2.12. The molecule has 11 heteroatoms. The van der Waals surface area contributed by atoms with E-state index >= 15 is 0 Å². The first-order valence-corrected chi connectivity index (χ1v) is 14.2. The van der Waals surface area contributed by atoms with Crippen LogP contribution >= 0.6 is 11.6 Å². The van der Waals surface area contributed by atoms with Gasteiger partial charge in [-0.1, -0.05) is 71.8 Å². The molecule has 4 rings (SSSR count). The third kappa shape index (κ3) is 11.0. The maximum absolute atomic E-state index is 12.0. The number of benzene rings is 3. The van der Waals surface area contributed by atoms with Crippen LogP contribution in [0.3, 0.4) is 0 Å². The van der Waals surface area contributed by atoms with Gasteiger partial charge in [0, 0.05) is 36.8 Å². The first-order valence-electron chi connectivity index (χ1n) is 13.8. The molecule has 0 aliphatic rings. The van der Waals surface area contributed by atoms with Crippen LogP contribution in [0.15, 0.2) is 78.9 Å². The van der Waals surface area contributed by atoms with Gasteiger partial charge in [0.05, 0.1) is 26.4 Å². The Morgan fingerprint density at radius 3 is 1.79 bits per heavy atom. The van der Waals surface area contributed by atoms with Crippen LogP contribution in [0.4, 0.5) is 17.8 Å². The van der Waals surface area contributed by atoms with Gasteiger partial charge in [-0.25, -0.2) is 0 Å². The van der Waals surface area contributed by atoms with Crippen molar-refractivity contribution >= 4 is 35.4 Å². The molecule has 4 N–H and O–H groups in total. The monoisotopic (exact) mass is 589 g/mol. The molecule has 0 aliphatic heterocycles. The maximum Gasteiger partial charge on any atom is 0.251 e. The number of aryl methyl sites for hydroxylation is 1. The fourth-order valence-corrected chi connectivity index (χ4v) is 3.89. The van der Waals surface area contributed by atoms with Crippen LogP contribution in [0, 0.1) is 6.92 Å². The SMILES string of the molecule is Cc1ccc(CNc2nc(NCCOCCOCCNC(=O)c3ccccc3)nc(NCc3ccc(Cl)cc3)n2)cc1. The van der Waals surface area contributed by atoms with Gasteiger partial charge in [0.25, 0.3) is 5.91 Å². The molecule has 0 radical (unpaired) electrons. The van der Waals surface area contributed by atoms with E-state index in [0.29, 0.717) is 81.0 Å². The van der Waals surface area contributed by atoms with Gasteiger partial charge < -0.3 is 30.7 Å². The van der Waals surface area contributed by atoms with Crippen molar-refractivity contribution in [3.05, 3.63) is 106 Å². The smallest absolute Gasteiger partial charge is 0.251 e. The Kier molecular flexibility index (Phi) is 12.3. The lowest BCUT2D eigenvalue weighted by atomic mass is 10.1. The number of rotatable bonds is 17. The third-order valence-electron chi connectivity index (χ3n) is 6.04. The van der Waals surface area contributed by atoms with Gasteiger partial charge in [0.15, 0.2) is 0 Å². The van der Waals surface area contributed by atoms with Gasteiger partial charge >= 0.3 is 0 Å². The van der Waals surface area contributed by atoms with E-state index in [1.54, 1.807) is 12.1 Å². The molecule has 0 fully saturated rings. The molecule has 0 spiro atoms. The quantitative estimate of drug-likeness (QED) is 0.127. The van der Waals surface area contributed by atoms with Crippen LogP contribution < -0.4 is 21.3 Å². The average Bonchev–Trinajstić information content (AvgIpc) is 3.01. The summed E-state index contributed by atoms with van der Waals surface area (Å²) in [6.07, 6.45) is 0. The van der Waals surface area contributed by atoms with E-state index in [0.717, 1.165) is 11.1 Å². The molecule has 10 nitrogen and oxygen atoms in total. The highest BCUT2D eigenvalue weighted by Crippen LogP contribution is 2.14. The van der Waals surface area contributed by atoms with E-state index < -0.39 is 0 Å². The normalized spacial score (nSPS) is 10.7. The van der Waals surface area contributed by atoms with E-state index in [4.69, 9.17) is 21.1 Å². The lowest BCUT2D eigenvalue weighted by Crippen LogP contribution is -2.27. The Bertz CT molecular complexity index is 1310. The lowest BCUT2D eigenvalue weighted by molar-refractivity contribution is 0.0519. The second kappa shape index (κ2) is 16.9. The zero-order valence-electron chi connectivity index (χ0n) is 23.6. The summed E-state index contributed by atoms with van der Waals surface area (Å²) in [6.45, 7) is 5.84. The van der Waals surface area contributed by atoms with Gasteiger partial charge in [-0.2, -0.15) is 15.0 Å². The van der Waals surface area contributed by atoms with Crippen molar-refractivity contribution in [1.82, 2.24) is 20.3 Å². The predicted molar refractivity (Wildman–Crippen MR) is 166 cm³/mol. The molecule has 1 aromatic heterocycles. The van der Waals surface area contributed by atoms with Gasteiger partial charge in [-0.15, -0.1) is 0 Å². The van der Waals surface area contributed by atoms with Gasteiger partial charge in [-0.3, -0.25) is 4.79 Å². The molecule has 0 bridgehead atoms. The number of ether oxygens (including phenoxy) is 2. The average molecular weight is 590 g/mol. The molecule has 0 unspecified atom stereocenters. The van der Waals surface area contributed by atoms with Crippen molar-refractivity contribution in [2.45, 2.75) is 20.0 Å². The van der Waals surface area contributed by atoms with Crippen LogP contribution in [0.2, 0.25) is 5.02 Å². The van der Waals surface area contributed by atoms with Crippen molar-refractivity contribution in [3.8, 4) is 0 Å². The summed E-state index contributed by atoms with van der Waals surface area (Å²) in [7, 11) is 0. The van der Waals surface area contributed by atoms with Crippen molar-refractivity contribution < 1.29 is 14.3 Å².